The first-order valence-electron chi connectivity index (χ1n) is 11.2. The number of amides is 3. The Bertz CT molecular complexity index is 1040. The second kappa shape index (κ2) is 13.6. The molecule has 0 bridgehead atoms. The van der Waals surface area contributed by atoms with Crippen LogP contribution < -0.4 is 25.5 Å². The molecule has 3 amide bonds. The molecule has 0 aliphatic carbocycles. The predicted octanol–water partition coefficient (Wildman–Crippen LogP) is 3.09. The number of carbonyl (C=O) groups is 3. The van der Waals surface area contributed by atoms with Crippen molar-refractivity contribution in [3.63, 3.8) is 0 Å². The Labute approximate surface area is 199 Å². The van der Waals surface area contributed by atoms with E-state index in [0.29, 0.717) is 30.2 Å². The first-order chi connectivity index (χ1) is 16.3. The Morgan fingerprint density at radius 2 is 1.76 bits per heavy atom. The molecule has 0 spiro atoms. The number of rotatable bonds is 11. The molecular formula is C25H32N4O5. The van der Waals surface area contributed by atoms with Crippen molar-refractivity contribution in [2.75, 3.05) is 25.1 Å². The quantitative estimate of drug-likeness (QED) is 0.203. The third-order valence-corrected chi connectivity index (χ3v) is 4.70. The number of nitrogens with zero attached hydrogens (tertiary/aromatic N) is 1. The molecule has 0 aromatic heterocycles. The van der Waals surface area contributed by atoms with Crippen LogP contribution in [0.2, 0.25) is 0 Å². The molecule has 9 nitrogen and oxygen atoms in total. The minimum Gasteiger partial charge on any atom is -0.490 e. The van der Waals surface area contributed by atoms with E-state index >= 15 is 0 Å². The number of hydrogen-bond acceptors (Lipinski definition) is 6. The highest BCUT2D eigenvalue weighted by atomic mass is 16.5. The van der Waals surface area contributed by atoms with Crippen molar-refractivity contribution in [1.82, 2.24) is 10.7 Å². The number of hydrazone groups is 1. The fourth-order valence-electron chi connectivity index (χ4n) is 2.87. The first kappa shape index (κ1) is 26.4. The molecule has 0 heterocycles. The Morgan fingerprint density at radius 3 is 2.50 bits per heavy atom. The van der Waals surface area contributed by atoms with Gasteiger partial charge in [0.05, 0.1) is 12.8 Å². The van der Waals surface area contributed by atoms with Gasteiger partial charge in [-0.05, 0) is 68.1 Å². The summed E-state index contributed by atoms with van der Waals surface area (Å²) in [5, 5.41) is 9.18. The van der Waals surface area contributed by atoms with Gasteiger partial charge in [0.1, 0.15) is 0 Å². The number of carbonyl (C=O) groups excluding carboxylic acids is 3. The normalized spacial score (nSPS) is 10.6. The van der Waals surface area contributed by atoms with Gasteiger partial charge in [-0.1, -0.05) is 25.5 Å². The van der Waals surface area contributed by atoms with Crippen molar-refractivity contribution >= 4 is 29.6 Å². The van der Waals surface area contributed by atoms with Crippen molar-refractivity contribution < 1.29 is 23.9 Å². The Balaban J connectivity index is 1.95. The number of anilines is 1. The fourth-order valence-corrected chi connectivity index (χ4v) is 2.87. The summed E-state index contributed by atoms with van der Waals surface area (Å²) in [7, 11) is 0. The van der Waals surface area contributed by atoms with Gasteiger partial charge in [0.25, 0.3) is 5.91 Å². The van der Waals surface area contributed by atoms with Gasteiger partial charge in [0, 0.05) is 12.2 Å². The lowest BCUT2D eigenvalue weighted by molar-refractivity contribution is -0.139. The highest BCUT2D eigenvalue weighted by Crippen LogP contribution is 2.28. The Morgan fingerprint density at radius 1 is 0.971 bits per heavy atom. The maximum atomic E-state index is 12.4. The molecule has 0 fully saturated rings. The van der Waals surface area contributed by atoms with E-state index in [1.807, 2.05) is 45.9 Å². The van der Waals surface area contributed by atoms with Gasteiger partial charge < -0.3 is 20.1 Å². The predicted molar refractivity (Wildman–Crippen MR) is 131 cm³/mol. The maximum absolute atomic E-state index is 12.4. The largest absolute Gasteiger partial charge is 0.490 e. The number of nitrogens with one attached hydrogen (secondary N) is 3. The van der Waals surface area contributed by atoms with Gasteiger partial charge in [-0.3, -0.25) is 14.4 Å². The van der Waals surface area contributed by atoms with Crippen LogP contribution in [0.5, 0.6) is 11.5 Å². The summed E-state index contributed by atoms with van der Waals surface area (Å²) >= 11 is 0. The van der Waals surface area contributed by atoms with E-state index in [2.05, 4.69) is 21.2 Å². The van der Waals surface area contributed by atoms with E-state index in [9.17, 15) is 14.4 Å². The molecular weight excluding hydrogens is 436 g/mol. The van der Waals surface area contributed by atoms with Crippen LogP contribution in [-0.2, 0) is 14.4 Å². The van der Waals surface area contributed by atoms with Gasteiger partial charge in [0.2, 0.25) is 0 Å². The molecule has 0 saturated heterocycles. The van der Waals surface area contributed by atoms with Gasteiger partial charge in [-0.15, -0.1) is 0 Å². The van der Waals surface area contributed by atoms with Crippen LogP contribution in [-0.4, -0.2) is 43.7 Å². The van der Waals surface area contributed by atoms with E-state index in [1.165, 1.54) is 6.21 Å². The third kappa shape index (κ3) is 8.57. The number of benzene rings is 2. The summed E-state index contributed by atoms with van der Waals surface area (Å²) in [5.74, 6) is -1.04. The lowest BCUT2D eigenvalue weighted by Crippen LogP contribution is -2.38. The van der Waals surface area contributed by atoms with Crippen LogP contribution in [0, 0.1) is 13.8 Å². The minimum absolute atomic E-state index is 0.190. The fraction of sp³-hybridized carbons (Fsp3) is 0.360. The third-order valence-electron chi connectivity index (χ3n) is 4.70. The van der Waals surface area contributed by atoms with Crippen LogP contribution >= 0.6 is 0 Å². The second-order valence-electron chi connectivity index (χ2n) is 7.60. The van der Waals surface area contributed by atoms with Gasteiger partial charge in [-0.25, -0.2) is 5.43 Å². The van der Waals surface area contributed by atoms with Crippen molar-refractivity contribution in [2.24, 2.45) is 5.10 Å². The zero-order valence-electron chi connectivity index (χ0n) is 20.1. The Kier molecular flexibility index (Phi) is 10.6. The lowest BCUT2D eigenvalue weighted by atomic mass is 10.1. The summed E-state index contributed by atoms with van der Waals surface area (Å²) in [6.45, 7) is 8.33. The monoisotopic (exact) mass is 468 g/mol. The topological polar surface area (TPSA) is 118 Å². The molecule has 3 N–H and O–H groups in total. The average Bonchev–Trinajstić information content (AvgIpc) is 2.81. The molecule has 182 valence electrons. The van der Waals surface area contributed by atoms with Crippen LogP contribution in [0.3, 0.4) is 0 Å². The van der Waals surface area contributed by atoms with E-state index in [1.54, 1.807) is 18.2 Å². The molecule has 0 atom stereocenters. The van der Waals surface area contributed by atoms with Crippen LogP contribution in [0.15, 0.2) is 41.5 Å². The van der Waals surface area contributed by atoms with Crippen LogP contribution in [0.4, 0.5) is 5.69 Å². The van der Waals surface area contributed by atoms with E-state index < -0.39 is 11.8 Å². The zero-order valence-corrected chi connectivity index (χ0v) is 20.1. The lowest BCUT2D eigenvalue weighted by Gasteiger charge is -2.13. The number of hydrogen-bond donors (Lipinski definition) is 3. The molecule has 2 rings (SSSR count). The summed E-state index contributed by atoms with van der Waals surface area (Å²) in [4.78, 5) is 35.8. The van der Waals surface area contributed by atoms with E-state index in [-0.39, 0.29) is 12.5 Å². The highest BCUT2D eigenvalue weighted by molar-refractivity contribution is 6.35. The van der Waals surface area contributed by atoms with Crippen LogP contribution in [0.1, 0.15) is 43.4 Å². The summed E-state index contributed by atoms with van der Waals surface area (Å²) in [6, 6.07) is 10.8. The molecule has 0 radical (unpaired) electrons. The molecule has 2 aromatic rings. The highest BCUT2D eigenvalue weighted by Gasteiger charge is 2.12. The number of ether oxygens (including phenoxy) is 2. The van der Waals surface area contributed by atoms with Crippen molar-refractivity contribution in [2.45, 2.75) is 40.5 Å². The van der Waals surface area contributed by atoms with E-state index in [0.717, 1.165) is 29.7 Å². The SMILES string of the molecule is CCCCNC(=O)C(=O)N/N=C\c1ccc(OCC(=O)Nc2cc(C)ccc2C)c(OCC)c1. The summed E-state index contributed by atoms with van der Waals surface area (Å²) < 4.78 is 11.3. The van der Waals surface area contributed by atoms with Crippen molar-refractivity contribution in [1.29, 1.82) is 0 Å². The van der Waals surface area contributed by atoms with Crippen LogP contribution in [0.25, 0.3) is 0 Å². The first-order valence-corrected chi connectivity index (χ1v) is 11.2. The molecule has 0 aliphatic rings. The minimum atomic E-state index is -0.841. The number of aryl methyl sites for hydroxylation is 2. The standard InChI is InChI=1S/C25H32N4O5/c1-5-7-12-26-24(31)25(32)29-27-15-19-10-11-21(22(14-19)33-6-2)34-16-23(30)28-20-13-17(3)8-9-18(20)4/h8-11,13-15H,5-7,12,16H2,1-4H3,(H,26,31)(H,28,30)(H,29,32)/b27-15-. The molecule has 0 aliphatic heterocycles. The molecule has 9 heteroatoms. The summed E-state index contributed by atoms with van der Waals surface area (Å²) in [6.07, 6.45) is 3.10. The van der Waals surface area contributed by atoms with Gasteiger partial charge >= 0.3 is 11.8 Å². The number of unbranched alkanes of at least 4 members (excludes halogenated alkanes) is 1. The van der Waals surface area contributed by atoms with E-state index in [4.69, 9.17) is 9.47 Å². The van der Waals surface area contributed by atoms with Gasteiger partial charge in [0.15, 0.2) is 18.1 Å². The molecule has 0 saturated carbocycles. The van der Waals surface area contributed by atoms with Crippen molar-refractivity contribution in [3.05, 3.63) is 53.1 Å². The summed E-state index contributed by atoms with van der Waals surface area (Å²) in [5.41, 5.74) is 5.55. The van der Waals surface area contributed by atoms with Gasteiger partial charge in [-0.2, -0.15) is 5.10 Å². The smallest absolute Gasteiger partial charge is 0.329 e. The zero-order chi connectivity index (χ0) is 24.9. The van der Waals surface area contributed by atoms with Crippen molar-refractivity contribution in [3.8, 4) is 11.5 Å². The average molecular weight is 469 g/mol. The molecule has 0 unspecified atom stereocenters. The molecule has 2 aromatic carbocycles. The Hall–Kier alpha value is -3.88. The molecule has 34 heavy (non-hydrogen) atoms. The second-order valence-corrected chi connectivity index (χ2v) is 7.60. The maximum Gasteiger partial charge on any atom is 0.329 e.